The van der Waals surface area contributed by atoms with Crippen molar-refractivity contribution in [3.63, 3.8) is 0 Å². The van der Waals surface area contributed by atoms with Crippen LogP contribution in [0.1, 0.15) is 28.4 Å². The quantitative estimate of drug-likeness (QED) is 0.480. The fourth-order valence-corrected chi connectivity index (χ4v) is 5.47. The van der Waals surface area contributed by atoms with Gasteiger partial charge in [0, 0.05) is 0 Å². The molecule has 0 saturated heterocycles. The molecule has 3 nitrogen and oxygen atoms in total. The molecule has 0 saturated carbocycles. The number of allylic oxidation sites excluding steroid dienone is 1. The first-order valence-corrected chi connectivity index (χ1v) is 10.1. The molecule has 2 aromatic carbocycles. The van der Waals surface area contributed by atoms with Gasteiger partial charge in [-0.2, -0.15) is 0 Å². The van der Waals surface area contributed by atoms with Gasteiger partial charge in [-0.05, 0) is 0 Å². The number of ether oxygens (including phenoxy) is 1. The van der Waals surface area contributed by atoms with Crippen LogP contribution in [0.3, 0.4) is 0 Å². The molecule has 0 fully saturated rings. The van der Waals surface area contributed by atoms with Crippen LogP contribution in [0.15, 0.2) is 66.2 Å². The van der Waals surface area contributed by atoms with Crippen LogP contribution in [-0.4, -0.2) is 25.5 Å². The molecular weight excluding hydrogens is 377 g/mol. The van der Waals surface area contributed by atoms with Gasteiger partial charge in [-0.15, -0.1) is 0 Å². The Bertz CT molecular complexity index is 796. The third-order valence-corrected chi connectivity index (χ3v) is 6.67. The molecule has 128 valence electrons. The number of esters is 1. The van der Waals surface area contributed by atoms with Gasteiger partial charge in [0.25, 0.3) is 0 Å². The van der Waals surface area contributed by atoms with Crippen molar-refractivity contribution < 1.29 is 9.53 Å². The van der Waals surface area contributed by atoms with E-state index in [1.54, 1.807) is 0 Å². The molecule has 1 heterocycles. The van der Waals surface area contributed by atoms with E-state index in [1.165, 1.54) is 11.1 Å². The summed E-state index contributed by atoms with van der Waals surface area (Å²) in [6, 6.07) is 18.1. The van der Waals surface area contributed by atoms with Crippen LogP contribution < -0.4 is 0 Å². The number of aryl methyl sites for hydroxylation is 1. The van der Waals surface area contributed by atoms with Crippen molar-refractivity contribution in [1.29, 1.82) is 5.41 Å². The maximum absolute atomic E-state index is 12.5. The Kier molecular flexibility index (Phi) is 5.52. The van der Waals surface area contributed by atoms with Crippen molar-refractivity contribution in [1.82, 2.24) is 0 Å². The predicted octanol–water partition coefficient (Wildman–Crippen LogP) is 4.04. The number of carbonyl (C=O) groups excluding carboxylic acids is 1. The molecule has 2 atom stereocenters. The summed E-state index contributed by atoms with van der Waals surface area (Å²) in [7, 11) is 0. The monoisotopic (exact) mass is 399 g/mol. The first kappa shape index (κ1) is 17.7. The average molecular weight is 398 g/mol. The molecule has 0 aromatic heterocycles. The summed E-state index contributed by atoms with van der Waals surface area (Å²) in [6.45, 7) is 4.25. The molecule has 3 rings (SSSR count). The SMILES string of the molecule is CC1=CC(c2ccc(C)cc2)[Se]C(=N)C1C(=O)OCc1ccccc1. The summed E-state index contributed by atoms with van der Waals surface area (Å²) in [6.07, 6.45) is 2.14. The number of carbonyl (C=O) groups is 1. The van der Waals surface area contributed by atoms with Crippen LogP contribution in [-0.2, 0) is 16.1 Å². The summed E-state index contributed by atoms with van der Waals surface area (Å²) in [5.41, 5.74) is 4.32. The number of benzene rings is 2. The van der Waals surface area contributed by atoms with Gasteiger partial charge in [0.2, 0.25) is 0 Å². The predicted molar refractivity (Wildman–Crippen MR) is 101 cm³/mol. The number of hydrogen-bond acceptors (Lipinski definition) is 3. The Morgan fingerprint density at radius 2 is 1.76 bits per heavy atom. The molecule has 1 N–H and O–H groups in total. The van der Waals surface area contributed by atoms with E-state index in [-0.39, 0.29) is 32.3 Å². The first-order chi connectivity index (χ1) is 12.0. The molecule has 0 amide bonds. The van der Waals surface area contributed by atoms with E-state index in [4.69, 9.17) is 10.1 Å². The van der Waals surface area contributed by atoms with Crippen molar-refractivity contribution in [2.75, 3.05) is 0 Å². The van der Waals surface area contributed by atoms with Gasteiger partial charge in [0.1, 0.15) is 0 Å². The summed E-state index contributed by atoms with van der Waals surface area (Å²) in [4.78, 5) is 12.7. The van der Waals surface area contributed by atoms with Crippen molar-refractivity contribution >= 4 is 25.5 Å². The molecular formula is C21H21NO2Se. The van der Waals surface area contributed by atoms with Gasteiger partial charge in [-0.3, -0.25) is 0 Å². The molecule has 1 aliphatic heterocycles. The maximum atomic E-state index is 12.5. The zero-order valence-electron chi connectivity index (χ0n) is 14.4. The fraction of sp³-hybridized carbons (Fsp3) is 0.238. The Hall–Kier alpha value is -2.16. The summed E-state index contributed by atoms with van der Waals surface area (Å²) < 4.78 is 5.95. The van der Waals surface area contributed by atoms with Crippen LogP contribution >= 0.6 is 0 Å². The van der Waals surface area contributed by atoms with Gasteiger partial charge in [0.05, 0.1) is 0 Å². The van der Waals surface area contributed by atoms with Crippen molar-refractivity contribution in [2.24, 2.45) is 5.92 Å². The zero-order chi connectivity index (χ0) is 17.8. The van der Waals surface area contributed by atoms with Gasteiger partial charge in [-0.25, -0.2) is 0 Å². The standard InChI is InChI=1S/C21H21NO2Se/c1-14-8-10-17(11-9-14)18-12-15(2)19(20(22)25-18)21(23)24-13-16-6-4-3-5-7-16/h3-12,18-19,22H,13H2,1-2H3. The molecule has 2 unspecified atom stereocenters. The van der Waals surface area contributed by atoms with Gasteiger partial charge in [0.15, 0.2) is 0 Å². The van der Waals surface area contributed by atoms with Crippen LogP contribution in [0.5, 0.6) is 0 Å². The second-order valence-corrected chi connectivity index (χ2v) is 8.73. The molecule has 0 spiro atoms. The summed E-state index contributed by atoms with van der Waals surface area (Å²) >= 11 is -0.0782. The minimum absolute atomic E-state index is 0.0782. The Morgan fingerprint density at radius 3 is 2.40 bits per heavy atom. The van der Waals surface area contributed by atoms with E-state index in [9.17, 15) is 4.79 Å². The Balaban J connectivity index is 1.70. The number of hydrogen-bond donors (Lipinski definition) is 1. The molecule has 0 bridgehead atoms. The average Bonchev–Trinajstić information content (AvgIpc) is 2.61. The molecule has 0 aliphatic carbocycles. The van der Waals surface area contributed by atoms with Crippen LogP contribution in [0, 0.1) is 18.3 Å². The molecule has 1 aliphatic rings. The van der Waals surface area contributed by atoms with Gasteiger partial charge in [-0.1, -0.05) is 0 Å². The second-order valence-electron chi connectivity index (χ2n) is 6.25. The summed E-state index contributed by atoms with van der Waals surface area (Å²) in [5.74, 6) is -0.836. The van der Waals surface area contributed by atoms with E-state index in [0.717, 1.165) is 11.1 Å². The fourth-order valence-electron chi connectivity index (χ4n) is 2.81. The van der Waals surface area contributed by atoms with E-state index in [0.29, 0.717) is 4.61 Å². The number of nitrogens with one attached hydrogen (secondary N) is 1. The zero-order valence-corrected chi connectivity index (χ0v) is 16.1. The normalized spacial score (nSPS) is 20.1. The van der Waals surface area contributed by atoms with Crippen LogP contribution in [0.25, 0.3) is 0 Å². The van der Waals surface area contributed by atoms with Crippen molar-refractivity contribution in [3.8, 4) is 0 Å². The second kappa shape index (κ2) is 7.81. The molecule has 25 heavy (non-hydrogen) atoms. The van der Waals surface area contributed by atoms with E-state index in [1.807, 2.05) is 37.3 Å². The topological polar surface area (TPSA) is 50.2 Å². The van der Waals surface area contributed by atoms with Gasteiger partial charge >= 0.3 is 155 Å². The van der Waals surface area contributed by atoms with Crippen LogP contribution in [0.2, 0.25) is 0 Å². The molecule has 2 aromatic rings. The first-order valence-electron chi connectivity index (χ1n) is 8.25. The molecule has 0 radical (unpaired) electrons. The van der Waals surface area contributed by atoms with E-state index >= 15 is 0 Å². The Morgan fingerprint density at radius 1 is 1.08 bits per heavy atom. The number of rotatable bonds is 4. The third kappa shape index (κ3) is 4.28. The Labute approximate surface area is 154 Å². The van der Waals surface area contributed by atoms with E-state index in [2.05, 4.69) is 37.3 Å². The van der Waals surface area contributed by atoms with Gasteiger partial charge < -0.3 is 0 Å². The van der Waals surface area contributed by atoms with Crippen LogP contribution in [0.4, 0.5) is 0 Å². The summed E-state index contributed by atoms with van der Waals surface area (Å²) in [5, 5.41) is 8.40. The van der Waals surface area contributed by atoms with Crippen molar-refractivity contribution in [2.45, 2.75) is 25.3 Å². The van der Waals surface area contributed by atoms with Crippen molar-refractivity contribution in [3.05, 3.63) is 82.9 Å². The minimum atomic E-state index is -0.523. The van der Waals surface area contributed by atoms with E-state index < -0.39 is 5.92 Å². The third-order valence-electron chi connectivity index (χ3n) is 4.25. The molecule has 4 heteroatoms.